The number of carbonyl (C=O) groups excluding carboxylic acids is 1. The van der Waals surface area contributed by atoms with E-state index in [9.17, 15) is 4.79 Å². The maximum Gasteiger partial charge on any atom is 0.253 e. The lowest BCUT2D eigenvalue weighted by molar-refractivity contribution is 0.0951. The lowest BCUT2D eigenvalue weighted by Crippen LogP contribution is -2.24. The van der Waals surface area contributed by atoms with E-state index in [1.165, 1.54) is 0 Å². The predicted octanol–water partition coefficient (Wildman–Crippen LogP) is 2.62. The molecule has 1 heterocycles. The molecule has 0 radical (unpaired) electrons. The molecule has 0 aliphatic heterocycles. The molecule has 0 atom stereocenters. The summed E-state index contributed by atoms with van der Waals surface area (Å²) in [6.07, 6.45) is 0. The van der Waals surface area contributed by atoms with Gasteiger partial charge < -0.3 is 11.1 Å². The number of halogens is 1. The minimum atomic E-state index is -0.249. The molecule has 0 bridgehead atoms. The molecule has 2 rings (SSSR count). The number of nitrogens with zero attached hydrogens (tertiary/aromatic N) is 1. The molecule has 2 aromatic rings. The number of nitrogen functional groups attached to an aromatic ring is 1. The van der Waals surface area contributed by atoms with Gasteiger partial charge in [0.1, 0.15) is 0 Å². The van der Waals surface area contributed by atoms with Crippen LogP contribution in [0.3, 0.4) is 0 Å². The fourth-order valence-electron chi connectivity index (χ4n) is 1.48. The van der Waals surface area contributed by atoms with E-state index in [1.54, 1.807) is 29.5 Å². The first-order valence-electron chi connectivity index (χ1n) is 5.30. The summed E-state index contributed by atoms with van der Waals surface area (Å²) >= 11 is 7.38. The highest BCUT2D eigenvalue weighted by molar-refractivity contribution is 7.09. The number of carbonyl (C=O) groups is 1. The Bertz CT molecular complexity index is 582. The second kappa shape index (κ2) is 5.37. The average Bonchev–Trinajstić information content (AvgIpc) is 2.75. The number of rotatable bonds is 3. The molecule has 4 nitrogen and oxygen atoms in total. The quantitative estimate of drug-likeness (QED) is 0.850. The van der Waals surface area contributed by atoms with Crippen molar-refractivity contribution in [2.45, 2.75) is 13.5 Å². The van der Waals surface area contributed by atoms with E-state index in [1.807, 2.05) is 12.3 Å². The second-order valence-electron chi connectivity index (χ2n) is 3.77. The standard InChI is InChI=1S/C12H12ClN3OS/c1-7-16-9(6-18-7)5-15-12(17)10-4-8(13)2-3-11(10)14/h2-4,6H,5,14H2,1H3,(H,15,17). The van der Waals surface area contributed by atoms with Gasteiger partial charge in [-0.25, -0.2) is 4.98 Å². The summed E-state index contributed by atoms with van der Waals surface area (Å²) in [4.78, 5) is 16.2. The number of hydrogen-bond donors (Lipinski definition) is 2. The normalized spacial score (nSPS) is 10.3. The summed E-state index contributed by atoms with van der Waals surface area (Å²) < 4.78 is 0. The van der Waals surface area contributed by atoms with Gasteiger partial charge in [0.15, 0.2) is 0 Å². The minimum Gasteiger partial charge on any atom is -0.398 e. The molecule has 94 valence electrons. The molecular formula is C12H12ClN3OS. The topological polar surface area (TPSA) is 68.0 Å². The summed E-state index contributed by atoms with van der Waals surface area (Å²) in [7, 11) is 0. The number of amides is 1. The zero-order valence-corrected chi connectivity index (χ0v) is 11.3. The Morgan fingerprint density at radius 1 is 1.56 bits per heavy atom. The average molecular weight is 282 g/mol. The number of hydrogen-bond acceptors (Lipinski definition) is 4. The lowest BCUT2D eigenvalue weighted by Gasteiger charge is -2.06. The number of nitrogens with one attached hydrogen (secondary N) is 1. The summed E-state index contributed by atoms with van der Waals surface area (Å²) in [5.41, 5.74) is 7.36. The molecule has 6 heteroatoms. The van der Waals surface area contributed by atoms with Gasteiger partial charge in [0.2, 0.25) is 0 Å². The first-order valence-corrected chi connectivity index (χ1v) is 6.56. The van der Waals surface area contributed by atoms with Crippen molar-refractivity contribution >= 4 is 34.5 Å². The molecule has 18 heavy (non-hydrogen) atoms. The smallest absolute Gasteiger partial charge is 0.253 e. The van der Waals surface area contributed by atoms with Crippen molar-refractivity contribution in [3.8, 4) is 0 Å². The number of benzene rings is 1. The van der Waals surface area contributed by atoms with Crippen LogP contribution in [0.4, 0.5) is 5.69 Å². The predicted molar refractivity (Wildman–Crippen MR) is 73.9 cm³/mol. The molecule has 3 N–H and O–H groups in total. The molecule has 1 aromatic heterocycles. The van der Waals surface area contributed by atoms with Gasteiger partial charge >= 0.3 is 0 Å². The number of thiazole rings is 1. The van der Waals surface area contributed by atoms with Gasteiger partial charge in [-0.1, -0.05) is 11.6 Å². The van der Waals surface area contributed by atoms with E-state index in [0.29, 0.717) is 22.8 Å². The monoisotopic (exact) mass is 281 g/mol. The fourth-order valence-corrected chi connectivity index (χ4v) is 2.27. The van der Waals surface area contributed by atoms with Gasteiger partial charge in [-0.3, -0.25) is 4.79 Å². The van der Waals surface area contributed by atoms with Crippen molar-refractivity contribution in [2.24, 2.45) is 0 Å². The molecule has 1 amide bonds. The van der Waals surface area contributed by atoms with Crippen molar-refractivity contribution < 1.29 is 4.79 Å². The molecule has 0 aliphatic carbocycles. The molecule has 0 unspecified atom stereocenters. The first kappa shape index (κ1) is 12.9. The summed E-state index contributed by atoms with van der Waals surface area (Å²) in [5.74, 6) is -0.249. The molecular weight excluding hydrogens is 270 g/mol. The Hall–Kier alpha value is -1.59. The Balaban J connectivity index is 2.05. The van der Waals surface area contributed by atoms with Crippen LogP contribution in [0, 0.1) is 6.92 Å². The third kappa shape index (κ3) is 3.00. The SMILES string of the molecule is Cc1nc(CNC(=O)c2cc(Cl)ccc2N)cs1. The molecule has 0 aliphatic rings. The van der Waals surface area contributed by atoms with Gasteiger partial charge in [-0.05, 0) is 25.1 Å². The summed E-state index contributed by atoms with van der Waals surface area (Å²) in [6, 6.07) is 4.82. The Morgan fingerprint density at radius 3 is 3.00 bits per heavy atom. The number of aryl methyl sites for hydroxylation is 1. The van der Waals surface area contributed by atoms with Gasteiger partial charge in [0.05, 0.1) is 22.8 Å². The third-order valence-electron chi connectivity index (χ3n) is 2.36. The van der Waals surface area contributed by atoms with Crippen LogP contribution in [0.15, 0.2) is 23.6 Å². The van der Waals surface area contributed by atoms with Gasteiger partial charge in [-0.2, -0.15) is 0 Å². The van der Waals surface area contributed by atoms with Crippen LogP contribution in [0.2, 0.25) is 5.02 Å². The fraction of sp³-hybridized carbons (Fsp3) is 0.167. The van der Waals surface area contributed by atoms with E-state index < -0.39 is 0 Å². The maximum atomic E-state index is 11.9. The van der Waals surface area contributed by atoms with Crippen molar-refractivity contribution in [3.63, 3.8) is 0 Å². The molecule has 0 saturated carbocycles. The second-order valence-corrected chi connectivity index (χ2v) is 5.27. The highest BCUT2D eigenvalue weighted by Gasteiger charge is 2.10. The lowest BCUT2D eigenvalue weighted by atomic mass is 10.1. The molecule has 1 aromatic carbocycles. The third-order valence-corrected chi connectivity index (χ3v) is 3.41. The highest BCUT2D eigenvalue weighted by Crippen LogP contribution is 2.18. The van der Waals surface area contributed by atoms with E-state index in [4.69, 9.17) is 17.3 Å². The zero-order valence-electron chi connectivity index (χ0n) is 9.74. The largest absolute Gasteiger partial charge is 0.398 e. The Kier molecular flexibility index (Phi) is 3.84. The van der Waals surface area contributed by atoms with Crippen molar-refractivity contribution in [1.29, 1.82) is 0 Å². The number of nitrogens with two attached hydrogens (primary N) is 1. The number of anilines is 1. The Morgan fingerprint density at radius 2 is 2.33 bits per heavy atom. The van der Waals surface area contributed by atoms with Crippen LogP contribution >= 0.6 is 22.9 Å². The van der Waals surface area contributed by atoms with E-state index in [-0.39, 0.29) is 5.91 Å². The van der Waals surface area contributed by atoms with E-state index >= 15 is 0 Å². The first-order chi connectivity index (χ1) is 8.56. The van der Waals surface area contributed by atoms with Crippen molar-refractivity contribution in [1.82, 2.24) is 10.3 Å². The summed E-state index contributed by atoms with van der Waals surface area (Å²) in [6.45, 7) is 2.31. The highest BCUT2D eigenvalue weighted by atomic mass is 35.5. The van der Waals surface area contributed by atoms with Crippen LogP contribution in [0.1, 0.15) is 21.1 Å². The maximum absolute atomic E-state index is 11.9. The van der Waals surface area contributed by atoms with Crippen LogP contribution in [0.25, 0.3) is 0 Å². The minimum absolute atomic E-state index is 0.249. The van der Waals surface area contributed by atoms with Gasteiger partial charge in [-0.15, -0.1) is 11.3 Å². The van der Waals surface area contributed by atoms with E-state index in [2.05, 4.69) is 10.3 Å². The van der Waals surface area contributed by atoms with Crippen molar-refractivity contribution in [3.05, 3.63) is 44.9 Å². The van der Waals surface area contributed by atoms with Crippen LogP contribution in [0.5, 0.6) is 0 Å². The van der Waals surface area contributed by atoms with E-state index in [0.717, 1.165) is 10.7 Å². The van der Waals surface area contributed by atoms with Crippen LogP contribution < -0.4 is 11.1 Å². The van der Waals surface area contributed by atoms with Gasteiger partial charge in [0, 0.05) is 16.1 Å². The summed E-state index contributed by atoms with van der Waals surface area (Å²) in [5, 5.41) is 6.14. The van der Waals surface area contributed by atoms with Crippen LogP contribution in [-0.4, -0.2) is 10.9 Å². The number of aromatic nitrogens is 1. The zero-order chi connectivity index (χ0) is 13.1. The van der Waals surface area contributed by atoms with Crippen LogP contribution in [-0.2, 0) is 6.54 Å². The Labute approximate surface area is 114 Å². The van der Waals surface area contributed by atoms with Gasteiger partial charge in [0.25, 0.3) is 5.91 Å². The molecule has 0 saturated heterocycles. The molecule has 0 spiro atoms. The van der Waals surface area contributed by atoms with Crippen molar-refractivity contribution in [2.75, 3.05) is 5.73 Å². The molecule has 0 fully saturated rings.